The van der Waals surface area contributed by atoms with E-state index < -0.39 is 0 Å². The zero-order valence-corrected chi connectivity index (χ0v) is 13.3. The van der Waals surface area contributed by atoms with Crippen LogP contribution in [0.5, 0.6) is 0 Å². The molecule has 1 aliphatic rings. The molecule has 3 rings (SSSR count). The van der Waals surface area contributed by atoms with Gasteiger partial charge in [0.2, 0.25) is 0 Å². The van der Waals surface area contributed by atoms with E-state index in [9.17, 15) is 0 Å². The second-order valence-corrected chi connectivity index (χ2v) is 6.64. The number of thiazole rings is 1. The zero-order chi connectivity index (χ0) is 13.2. The largest absolute Gasteiger partial charge is 0.447 e. The Bertz CT molecular complexity index is 564. The van der Waals surface area contributed by atoms with E-state index in [1.807, 2.05) is 12.1 Å². The van der Waals surface area contributed by atoms with Gasteiger partial charge in [-0.3, -0.25) is 0 Å². The summed E-state index contributed by atoms with van der Waals surface area (Å²) in [5, 5.41) is 4.63. The van der Waals surface area contributed by atoms with E-state index in [4.69, 9.17) is 9.40 Å². The van der Waals surface area contributed by atoms with Crippen molar-refractivity contribution in [1.29, 1.82) is 0 Å². The lowest BCUT2D eigenvalue weighted by Crippen LogP contribution is -2.24. The van der Waals surface area contributed by atoms with Crippen LogP contribution < -0.4 is 5.32 Å². The summed E-state index contributed by atoms with van der Waals surface area (Å²) in [5.74, 6) is 0.862. The fraction of sp³-hybridized carbons (Fsp3) is 0.500. The van der Waals surface area contributed by atoms with Crippen molar-refractivity contribution in [1.82, 2.24) is 10.3 Å². The molecule has 1 aliphatic carbocycles. The summed E-state index contributed by atoms with van der Waals surface area (Å²) in [7, 11) is 0. The Balaban J connectivity index is 1.88. The van der Waals surface area contributed by atoms with Gasteiger partial charge in [0.15, 0.2) is 15.4 Å². The standard InChI is InChI=1S/C14H17BrN2OS/c1-2-8-16-9-4-3-5-10-13(9)19-14(17-10)11-6-7-12(15)18-11/h6-7,9,16H,2-5,8H2,1H3. The van der Waals surface area contributed by atoms with Crippen LogP contribution in [0.4, 0.5) is 0 Å². The second-order valence-electron chi connectivity index (χ2n) is 4.83. The molecule has 2 aromatic heterocycles. The average Bonchev–Trinajstić information content (AvgIpc) is 3.02. The van der Waals surface area contributed by atoms with Gasteiger partial charge >= 0.3 is 0 Å². The first-order valence-electron chi connectivity index (χ1n) is 6.76. The molecule has 0 spiro atoms. The Kier molecular flexibility index (Phi) is 4.05. The molecule has 2 aromatic rings. The normalized spacial score (nSPS) is 18.5. The summed E-state index contributed by atoms with van der Waals surface area (Å²) in [6.45, 7) is 3.28. The number of rotatable bonds is 4. The zero-order valence-electron chi connectivity index (χ0n) is 10.9. The molecule has 0 saturated carbocycles. The molecule has 2 heterocycles. The van der Waals surface area contributed by atoms with Gasteiger partial charge in [-0.15, -0.1) is 11.3 Å². The predicted octanol–water partition coefficient (Wildman–Crippen LogP) is 4.54. The van der Waals surface area contributed by atoms with Gasteiger partial charge in [-0.1, -0.05) is 6.92 Å². The van der Waals surface area contributed by atoms with Gasteiger partial charge in [0.1, 0.15) is 0 Å². The van der Waals surface area contributed by atoms with Gasteiger partial charge in [0.25, 0.3) is 0 Å². The lowest BCUT2D eigenvalue weighted by Gasteiger charge is -2.22. The van der Waals surface area contributed by atoms with Gasteiger partial charge in [0, 0.05) is 10.9 Å². The molecule has 102 valence electrons. The van der Waals surface area contributed by atoms with Crippen LogP contribution in [-0.2, 0) is 6.42 Å². The molecule has 0 saturated heterocycles. The monoisotopic (exact) mass is 340 g/mol. The van der Waals surface area contributed by atoms with Gasteiger partial charge in [-0.25, -0.2) is 4.98 Å². The van der Waals surface area contributed by atoms with Crippen molar-refractivity contribution in [2.75, 3.05) is 6.54 Å². The number of fused-ring (bicyclic) bond motifs is 1. The van der Waals surface area contributed by atoms with E-state index in [0.717, 1.165) is 28.4 Å². The maximum atomic E-state index is 5.61. The van der Waals surface area contributed by atoms with Crippen molar-refractivity contribution in [3.63, 3.8) is 0 Å². The number of nitrogens with zero attached hydrogens (tertiary/aromatic N) is 1. The lowest BCUT2D eigenvalue weighted by atomic mass is 9.98. The molecule has 0 bridgehead atoms. The van der Waals surface area contributed by atoms with E-state index >= 15 is 0 Å². The first-order valence-corrected chi connectivity index (χ1v) is 8.37. The van der Waals surface area contributed by atoms with Crippen LogP contribution in [0.1, 0.15) is 42.8 Å². The van der Waals surface area contributed by atoms with Crippen molar-refractivity contribution in [2.45, 2.75) is 38.6 Å². The van der Waals surface area contributed by atoms with Crippen molar-refractivity contribution in [3.8, 4) is 10.8 Å². The highest BCUT2D eigenvalue weighted by atomic mass is 79.9. The Hall–Kier alpha value is -0.650. The Labute approximate surface area is 125 Å². The average molecular weight is 341 g/mol. The van der Waals surface area contributed by atoms with Crippen LogP contribution in [0.25, 0.3) is 10.8 Å². The van der Waals surface area contributed by atoms with Gasteiger partial charge in [0.05, 0.1) is 5.69 Å². The van der Waals surface area contributed by atoms with E-state index in [1.54, 1.807) is 11.3 Å². The quantitative estimate of drug-likeness (QED) is 0.887. The van der Waals surface area contributed by atoms with Crippen LogP contribution in [0, 0.1) is 0 Å². The molecule has 3 nitrogen and oxygen atoms in total. The molecular weight excluding hydrogens is 324 g/mol. The number of aryl methyl sites for hydroxylation is 1. The number of nitrogens with one attached hydrogen (secondary N) is 1. The molecule has 1 atom stereocenters. The smallest absolute Gasteiger partial charge is 0.170 e. The predicted molar refractivity (Wildman–Crippen MR) is 81.5 cm³/mol. The molecule has 0 amide bonds. The molecule has 1 N–H and O–H groups in total. The topological polar surface area (TPSA) is 38.1 Å². The van der Waals surface area contributed by atoms with Crippen molar-refractivity contribution in [3.05, 3.63) is 27.4 Å². The van der Waals surface area contributed by atoms with E-state index in [0.29, 0.717) is 6.04 Å². The van der Waals surface area contributed by atoms with Crippen LogP contribution in [0.15, 0.2) is 21.2 Å². The number of hydrogen-bond acceptors (Lipinski definition) is 4. The first kappa shape index (κ1) is 13.3. The molecule has 0 aliphatic heterocycles. The molecule has 0 radical (unpaired) electrons. The van der Waals surface area contributed by atoms with Gasteiger partial charge < -0.3 is 9.73 Å². The maximum Gasteiger partial charge on any atom is 0.170 e. The Morgan fingerprint density at radius 3 is 3.16 bits per heavy atom. The number of hydrogen-bond donors (Lipinski definition) is 1. The molecule has 1 unspecified atom stereocenters. The van der Waals surface area contributed by atoms with E-state index in [-0.39, 0.29) is 0 Å². The third-order valence-corrected chi connectivity index (χ3v) is 5.03. The van der Waals surface area contributed by atoms with Crippen molar-refractivity contribution >= 4 is 27.3 Å². The highest BCUT2D eigenvalue weighted by molar-refractivity contribution is 9.10. The summed E-state index contributed by atoms with van der Waals surface area (Å²) >= 11 is 5.12. The van der Waals surface area contributed by atoms with E-state index in [1.165, 1.54) is 29.8 Å². The highest BCUT2D eigenvalue weighted by Crippen LogP contribution is 2.38. The fourth-order valence-corrected chi connectivity index (χ4v) is 3.96. The minimum absolute atomic E-state index is 0.480. The maximum absolute atomic E-state index is 5.61. The van der Waals surface area contributed by atoms with Crippen LogP contribution in [-0.4, -0.2) is 11.5 Å². The molecule has 0 fully saturated rings. The Morgan fingerprint density at radius 2 is 2.42 bits per heavy atom. The van der Waals surface area contributed by atoms with Crippen molar-refractivity contribution < 1.29 is 4.42 Å². The number of halogens is 1. The lowest BCUT2D eigenvalue weighted by molar-refractivity contribution is 0.464. The second kappa shape index (κ2) is 5.77. The van der Waals surface area contributed by atoms with Gasteiger partial charge in [-0.05, 0) is 60.3 Å². The minimum atomic E-state index is 0.480. The third-order valence-electron chi connectivity index (χ3n) is 3.38. The summed E-state index contributed by atoms with van der Waals surface area (Å²) < 4.78 is 6.37. The summed E-state index contributed by atoms with van der Waals surface area (Å²) in [4.78, 5) is 6.16. The molecule has 0 aromatic carbocycles. The number of aromatic nitrogens is 1. The first-order chi connectivity index (χ1) is 9.28. The summed E-state index contributed by atoms with van der Waals surface area (Å²) in [6.07, 6.45) is 4.70. The number of furan rings is 1. The van der Waals surface area contributed by atoms with E-state index in [2.05, 4.69) is 28.2 Å². The highest BCUT2D eigenvalue weighted by Gasteiger charge is 2.25. The third kappa shape index (κ3) is 2.78. The molecular formula is C14H17BrN2OS. The van der Waals surface area contributed by atoms with Gasteiger partial charge in [-0.2, -0.15) is 0 Å². The summed E-state index contributed by atoms with van der Waals surface area (Å²) in [6, 6.07) is 4.37. The Morgan fingerprint density at radius 1 is 1.53 bits per heavy atom. The van der Waals surface area contributed by atoms with Crippen LogP contribution in [0.2, 0.25) is 0 Å². The fourth-order valence-electron chi connectivity index (χ4n) is 2.47. The SMILES string of the molecule is CCCNC1CCCc2nc(-c3ccc(Br)o3)sc21. The molecule has 19 heavy (non-hydrogen) atoms. The summed E-state index contributed by atoms with van der Waals surface area (Å²) in [5.41, 5.74) is 1.26. The van der Waals surface area contributed by atoms with Crippen LogP contribution in [0.3, 0.4) is 0 Å². The van der Waals surface area contributed by atoms with Crippen LogP contribution >= 0.6 is 27.3 Å². The van der Waals surface area contributed by atoms with Crippen molar-refractivity contribution in [2.24, 2.45) is 0 Å². The molecule has 5 heteroatoms. The minimum Gasteiger partial charge on any atom is -0.447 e.